The van der Waals surface area contributed by atoms with Crippen LogP contribution >= 0.6 is 15.9 Å². The van der Waals surface area contributed by atoms with Crippen molar-refractivity contribution in [1.82, 2.24) is 4.98 Å². The van der Waals surface area contributed by atoms with Crippen LogP contribution in [0.15, 0.2) is 22.9 Å². The predicted octanol–water partition coefficient (Wildman–Crippen LogP) is 3.33. The highest BCUT2D eigenvalue weighted by atomic mass is 79.9. The maximum absolute atomic E-state index is 12.8. The summed E-state index contributed by atoms with van der Waals surface area (Å²) in [5.74, 6) is -2.44. The number of alkyl halides is 2. The molecule has 0 spiro atoms. The first-order chi connectivity index (χ1) is 7.44. The van der Waals surface area contributed by atoms with Gasteiger partial charge in [-0.2, -0.15) is 0 Å². The van der Waals surface area contributed by atoms with Gasteiger partial charge < -0.3 is 4.90 Å². The van der Waals surface area contributed by atoms with Gasteiger partial charge in [-0.25, -0.2) is 13.8 Å². The SMILES string of the molecule is CC(F)(F)CC1CN(c2ccnc(Br)c2)C1. The minimum absolute atomic E-state index is 0.0181. The van der Waals surface area contributed by atoms with Gasteiger partial charge in [-0.05, 0) is 40.9 Å². The summed E-state index contributed by atoms with van der Waals surface area (Å²) in [5.41, 5.74) is 1.04. The lowest BCUT2D eigenvalue weighted by molar-refractivity contribution is -0.00732. The molecular weight excluding hydrogens is 278 g/mol. The zero-order valence-electron chi connectivity index (χ0n) is 8.96. The van der Waals surface area contributed by atoms with Crippen molar-refractivity contribution in [2.24, 2.45) is 5.92 Å². The number of hydrogen-bond acceptors (Lipinski definition) is 2. The Hall–Kier alpha value is -0.710. The van der Waals surface area contributed by atoms with Crippen LogP contribution in [0, 0.1) is 5.92 Å². The maximum atomic E-state index is 12.8. The minimum Gasteiger partial charge on any atom is -0.371 e. The summed E-state index contributed by atoms with van der Waals surface area (Å²) in [4.78, 5) is 6.12. The van der Waals surface area contributed by atoms with Crippen molar-refractivity contribution in [1.29, 1.82) is 0 Å². The van der Waals surface area contributed by atoms with Gasteiger partial charge in [0.05, 0.1) is 0 Å². The molecule has 2 rings (SSSR count). The first kappa shape index (κ1) is 11.8. The van der Waals surface area contributed by atoms with E-state index in [4.69, 9.17) is 0 Å². The fraction of sp³-hybridized carbons (Fsp3) is 0.545. The fourth-order valence-electron chi connectivity index (χ4n) is 2.01. The molecule has 1 aromatic rings. The smallest absolute Gasteiger partial charge is 0.245 e. The van der Waals surface area contributed by atoms with Gasteiger partial charge in [0, 0.05) is 31.4 Å². The number of nitrogens with zero attached hydrogens (tertiary/aromatic N) is 2. The third-order valence-corrected chi connectivity index (χ3v) is 3.11. The number of hydrogen-bond donors (Lipinski definition) is 0. The molecule has 2 heterocycles. The van der Waals surface area contributed by atoms with Crippen molar-refractivity contribution in [3.63, 3.8) is 0 Å². The van der Waals surface area contributed by atoms with E-state index in [1.165, 1.54) is 0 Å². The number of rotatable bonds is 3. The third kappa shape index (κ3) is 2.90. The van der Waals surface area contributed by atoms with Gasteiger partial charge in [0.15, 0.2) is 0 Å². The number of aromatic nitrogens is 1. The van der Waals surface area contributed by atoms with Gasteiger partial charge in [0.2, 0.25) is 5.92 Å². The molecule has 0 atom stereocenters. The van der Waals surface area contributed by atoms with E-state index in [1.54, 1.807) is 6.20 Å². The Morgan fingerprint density at radius 3 is 2.81 bits per heavy atom. The summed E-state index contributed by atoms with van der Waals surface area (Å²) >= 11 is 3.29. The quantitative estimate of drug-likeness (QED) is 0.794. The van der Waals surface area contributed by atoms with Crippen LogP contribution in [0.3, 0.4) is 0 Å². The number of anilines is 1. The lowest BCUT2D eigenvalue weighted by Crippen LogP contribution is -2.48. The van der Waals surface area contributed by atoms with E-state index in [-0.39, 0.29) is 12.3 Å². The molecule has 16 heavy (non-hydrogen) atoms. The lowest BCUT2D eigenvalue weighted by Gasteiger charge is -2.42. The molecular formula is C11H13BrF2N2. The lowest BCUT2D eigenvalue weighted by atomic mass is 9.93. The van der Waals surface area contributed by atoms with Crippen LogP contribution in [-0.2, 0) is 0 Å². The van der Waals surface area contributed by atoms with Gasteiger partial charge in [0.1, 0.15) is 4.60 Å². The summed E-state index contributed by atoms with van der Waals surface area (Å²) in [5, 5.41) is 0. The van der Waals surface area contributed by atoms with Crippen molar-refractivity contribution in [2.45, 2.75) is 19.3 Å². The largest absolute Gasteiger partial charge is 0.371 e. The molecule has 88 valence electrons. The molecule has 0 aliphatic carbocycles. The Labute approximate surface area is 102 Å². The topological polar surface area (TPSA) is 16.1 Å². The van der Waals surface area contributed by atoms with E-state index in [0.717, 1.165) is 17.2 Å². The Morgan fingerprint density at radius 1 is 1.56 bits per heavy atom. The molecule has 0 amide bonds. The second kappa shape index (κ2) is 4.28. The van der Waals surface area contributed by atoms with Gasteiger partial charge in [0.25, 0.3) is 0 Å². The van der Waals surface area contributed by atoms with Crippen molar-refractivity contribution < 1.29 is 8.78 Å². The Balaban J connectivity index is 1.89. The van der Waals surface area contributed by atoms with Crippen LogP contribution in [0.2, 0.25) is 0 Å². The zero-order valence-corrected chi connectivity index (χ0v) is 10.5. The molecule has 0 unspecified atom stereocenters. The normalized spacial score (nSPS) is 17.4. The predicted molar refractivity (Wildman–Crippen MR) is 62.9 cm³/mol. The number of pyridine rings is 1. The first-order valence-electron chi connectivity index (χ1n) is 5.18. The van der Waals surface area contributed by atoms with E-state index in [2.05, 4.69) is 25.8 Å². The van der Waals surface area contributed by atoms with E-state index in [0.29, 0.717) is 13.1 Å². The van der Waals surface area contributed by atoms with Crippen molar-refractivity contribution in [3.05, 3.63) is 22.9 Å². The summed E-state index contributed by atoms with van der Waals surface area (Å²) in [6, 6.07) is 3.80. The van der Waals surface area contributed by atoms with Gasteiger partial charge in [-0.3, -0.25) is 0 Å². The van der Waals surface area contributed by atoms with E-state index < -0.39 is 5.92 Å². The second-order valence-electron chi connectivity index (χ2n) is 4.38. The Morgan fingerprint density at radius 2 is 2.25 bits per heavy atom. The number of halogens is 3. The van der Waals surface area contributed by atoms with Crippen LogP contribution in [0.1, 0.15) is 13.3 Å². The van der Waals surface area contributed by atoms with Crippen LogP contribution in [-0.4, -0.2) is 24.0 Å². The van der Waals surface area contributed by atoms with Crippen LogP contribution in [0.4, 0.5) is 14.5 Å². The second-order valence-corrected chi connectivity index (χ2v) is 5.19. The summed E-state index contributed by atoms with van der Waals surface area (Å²) < 4.78 is 26.3. The molecule has 0 saturated carbocycles. The summed E-state index contributed by atoms with van der Waals surface area (Å²) in [6.07, 6.45) is 1.69. The van der Waals surface area contributed by atoms with Crippen molar-refractivity contribution in [2.75, 3.05) is 18.0 Å². The average Bonchev–Trinajstić information content (AvgIpc) is 2.09. The van der Waals surface area contributed by atoms with Crippen LogP contribution < -0.4 is 4.90 Å². The molecule has 1 aromatic heterocycles. The monoisotopic (exact) mass is 290 g/mol. The Kier molecular flexibility index (Phi) is 3.15. The summed E-state index contributed by atoms with van der Waals surface area (Å²) in [7, 11) is 0. The van der Waals surface area contributed by atoms with Gasteiger partial charge in [-0.15, -0.1) is 0 Å². The van der Waals surface area contributed by atoms with Gasteiger partial charge in [-0.1, -0.05) is 0 Å². The molecule has 0 aromatic carbocycles. The van der Waals surface area contributed by atoms with E-state index >= 15 is 0 Å². The van der Waals surface area contributed by atoms with Crippen molar-refractivity contribution in [3.8, 4) is 0 Å². The molecule has 1 saturated heterocycles. The highest BCUT2D eigenvalue weighted by Crippen LogP contribution is 2.32. The average molecular weight is 291 g/mol. The molecule has 5 heteroatoms. The van der Waals surface area contributed by atoms with E-state index in [1.807, 2.05) is 12.1 Å². The molecule has 0 bridgehead atoms. The van der Waals surface area contributed by atoms with Gasteiger partial charge >= 0.3 is 0 Å². The molecule has 1 aliphatic rings. The molecule has 0 radical (unpaired) electrons. The highest BCUT2D eigenvalue weighted by Gasteiger charge is 2.34. The third-order valence-electron chi connectivity index (χ3n) is 2.68. The molecule has 1 fully saturated rings. The summed E-state index contributed by atoms with van der Waals surface area (Å²) in [6.45, 7) is 2.40. The van der Waals surface area contributed by atoms with E-state index in [9.17, 15) is 8.78 Å². The van der Waals surface area contributed by atoms with Crippen molar-refractivity contribution >= 4 is 21.6 Å². The molecule has 0 N–H and O–H groups in total. The fourth-order valence-corrected chi connectivity index (χ4v) is 2.36. The van der Waals surface area contributed by atoms with Crippen LogP contribution in [0.25, 0.3) is 0 Å². The highest BCUT2D eigenvalue weighted by molar-refractivity contribution is 9.10. The molecule has 1 aliphatic heterocycles. The molecule has 2 nitrogen and oxygen atoms in total. The Bertz CT molecular complexity index is 372. The van der Waals surface area contributed by atoms with Crippen LogP contribution in [0.5, 0.6) is 0 Å². The minimum atomic E-state index is -2.55. The zero-order chi connectivity index (χ0) is 11.8. The maximum Gasteiger partial charge on any atom is 0.245 e. The first-order valence-corrected chi connectivity index (χ1v) is 5.98. The standard InChI is InChI=1S/C11H13BrF2N2/c1-11(13,14)5-8-6-16(7-8)9-2-3-15-10(12)4-9/h2-4,8H,5-7H2,1H3.